The molecule has 1 aliphatic heterocycles. The van der Waals surface area contributed by atoms with Gasteiger partial charge in [0.15, 0.2) is 5.65 Å². The van der Waals surface area contributed by atoms with Gasteiger partial charge in [-0.3, -0.25) is 4.79 Å². The van der Waals surface area contributed by atoms with Gasteiger partial charge in [-0.15, -0.1) is 0 Å². The number of para-hydroxylation sites is 1. The maximum Gasteiger partial charge on any atom is 0.237 e. The van der Waals surface area contributed by atoms with Gasteiger partial charge in [0.05, 0.1) is 23.0 Å². The van der Waals surface area contributed by atoms with Crippen LogP contribution in [0, 0.1) is 13.8 Å². The minimum Gasteiger partial charge on any atom is -0.311 e. The fourth-order valence-electron chi connectivity index (χ4n) is 3.79. The lowest BCUT2D eigenvalue weighted by molar-refractivity contribution is -0.116. The first-order chi connectivity index (χ1) is 14.6. The number of fused-ring (bicyclic) bond motifs is 2. The average Bonchev–Trinajstić information content (AvgIpc) is 3.39. The summed E-state index contributed by atoms with van der Waals surface area (Å²) in [5.41, 5.74) is 6.41. The van der Waals surface area contributed by atoms with E-state index in [9.17, 15) is 4.79 Å². The predicted molar refractivity (Wildman–Crippen MR) is 119 cm³/mol. The van der Waals surface area contributed by atoms with Crippen LogP contribution in [-0.4, -0.2) is 38.0 Å². The Kier molecular flexibility index (Phi) is 4.75. The van der Waals surface area contributed by atoms with E-state index >= 15 is 0 Å². The van der Waals surface area contributed by atoms with Crippen LogP contribution in [0.3, 0.4) is 0 Å². The van der Waals surface area contributed by atoms with Gasteiger partial charge in [-0.05, 0) is 55.2 Å². The Morgan fingerprint density at radius 3 is 2.83 bits per heavy atom. The summed E-state index contributed by atoms with van der Waals surface area (Å²) in [5, 5.41) is 6.17. The van der Waals surface area contributed by atoms with Crippen molar-refractivity contribution in [3.05, 3.63) is 71.7 Å². The highest BCUT2D eigenvalue weighted by molar-refractivity contribution is 8.00. The van der Waals surface area contributed by atoms with Crippen LogP contribution in [0.15, 0.2) is 60.0 Å². The average molecular weight is 416 g/mol. The van der Waals surface area contributed by atoms with Crippen LogP contribution in [0.5, 0.6) is 0 Å². The molecule has 7 heteroatoms. The van der Waals surface area contributed by atoms with E-state index in [1.165, 1.54) is 28.5 Å². The minimum absolute atomic E-state index is 0.0956. The lowest BCUT2D eigenvalue weighted by Crippen LogP contribution is -2.30. The van der Waals surface area contributed by atoms with E-state index in [1.54, 1.807) is 12.5 Å². The van der Waals surface area contributed by atoms with Gasteiger partial charge < -0.3 is 4.90 Å². The van der Waals surface area contributed by atoms with Gasteiger partial charge in [0, 0.05) is 12.2 Å². The number of nitrogens with zero attached hydrogens (tertiary/aromatic N) is 5. The van der Waals surface area contributed by atoms with E-state index < -0.39 is 0 Å². The largest absolute Gasteiger partial charge is 0.311 e. The van der Waals surface area contributed by atoms with Crippen molar-refractivity contribution in [2.24, 2.45) is 0 Å². The maximum atomic E-state index is 12.9. The molecule has 0 saturated heterocycles. The molecule has 0 spiro atoms. The summed E-state index contributed by atoms with van der Waals surface area (Å²) in [6, 6.07) is 14.3. The van der Waals surface area contributed by atoms with E-state index in [2.05, 4.69) is 47.1 Å². The van der Waals surface area contributed by atoms with Crippen LogP contribution < -0.4 is 4.90 Å². The molecule has 0 unspecified atom stereocenters. The molecule has 2 aromatic heterocycles. The van der Waals surface area contributed by atoms with E-state index in [1.807, 2.05) is 33.8 Å². The zero-order chi connectivity index (χ0) is 20.7. The molecule has 0 atom stereocenters. The molecule has 5 rings (SSSR count). The molecule has 0 fully saturated rings. The van der Waals surface area contributed by atoms with Crippen molar-refractivity contribution in [3.8, 4) is 5.69 Å². The summed E-state index contributed by atoms with van der Waals surface area (Å²) in [6.07, 6.45) is 4.23. The Morgan fingerprint density at radius 1 is 1.10 bits per heavy atom. The molecule has 3 heterocycles. The van der Waals surface area contributed by atoms with Gasteiger partial charge in [0.2, 0.25) is 5.91 Å². The lowest BCUT2D eigenvalue weighted by Gasteiger charge is -2.16. The zero-order valence-corrected chi connectivity index (χ0v) is 17.7. The molecule has 0 radical (unpaired) electrons. The fraction of sp³-hybridized carbons (Fsp3) is 0.217. The van der Waals surface area contributed by atoms with E-state index in [-0.39, 0.29) is 5.91 Å². The van der Waals surface area contributed by atoms with E-state index in [4.69, 9.17) is 0 Å². The second-order valence-corrected chi connectivity index (χ2v) is 8.42. The molecule has 2 aromatic carbocycles. The van der Waals surface area contributed by atoms with E-state index in [0.29, 0.717) is 5.75 Å². The van der Waals surface area contributed by atoms with Gasteiger partial charge in [-0.1, -0.05) is 36.0 Å². The number of rotatable bonds is 4. The molecule has 0 saturated carbocycles. The number of carbonyl (C=O) groups is 1. The third-order valence-corrected chi connectivity index (χ3v) is 6.57. The second kappa shape index (κ2) is 7.57. The first-order valence-corrected chi connectivity index (χ1v) is 10.9. The number of benzene rings is 2. The van der Waals surface area contributed by atoms with Crippen molar-refractivity contribution in [2.75, 3.05) is 17.2 Å². The summed E-state index contributed by atoms with van der Waals surface area (Å²) < 4.78 is 1.83. The van der Waals surface area contributed by atoms with Gasteiger partial charge in [0.25, 0.3) is 0 Å². The topological polar surface area (TPSA) is 63.9 Å². The Labute approximate surface area is 179 Å². The van der Waals surface area contributed by atoms with Crippen molar-refractivity contribution >= 4 is 34.4 Å². The SMILES string of the molecule is Cc1ccc(-n2ncc3c(SCC(=O)N4CCc5ccccc54)ncnc32)cc1C. The molecule has 30 heavy (non-hydrogen) atoms. The fourth-order valence-corrected chi connectivity index (χ4v) is 4.63. The molecular weight excluding hydrogens is 394 g/mol. The van der Waals surface area contributed by atoms with Crippen molar-refractivity contribution in [1.82, 2.24) is 19.7 Å². The molecule has 0 N–H and O–H groups in total. The molecular formula is C23H21N5OS. The number of carbonyl (C=O) groups excluding carboxylic acids is 1. The second-order valence-electron chi connectivity index (χ2n) is 7.45. The van der Waals surface area contributed by atoms with Gasteiger partial charge in [-0.25, -0.2) is 14.6 Å². The zero-order valence-electron chi connectivity index (χ0n) is 16.9. The maximum absolute atomic E-state index is 12.9. The number of anilines is 1. The van der Waals surface area contributed by atoms with Crippen molar-refractivity contribution in [3.63, 3.8) is 0 Å². The molecule has 1 amide bonds. The summed E-state index contributed by atoms with van der Waals surface area (Å²) >= 11 is 1.44. The highest BCUT2D eigenvalue weighted by atomic mass is 32.2. The van der Waals surface area contributed by atoms with Gasteiger partial charge in [-0.2, -0.15) is 5.10 Å². The Bertz CT molecular complexity index is 1270. The molecule has 0 aliphatic carbocycles. The third kappa shape index (κ3) is 3.25. The summed E-state index contributed by atoms with van der Waals surface area (Å²) in [7, 11) is 0. The van der Waals surface area contributed by atoms with Crippen LogP contribution in [0.2, 0.25) is 0 Å². The number of thioether (sulfide) groups is 1. The summed E-state index contributed by atoms with van der Waals surface area (Å²) in [4.78, 5) is 23.6. The van der Waals surface area contributed by atoms with Crippen LogP contribution in [0.1, 0.15) is 16.7 Å². The summed E-state index contributed by atoms with van der Waals surface area (Å²) in [6.45, 7) is 4.92. The molecule has 4 aromatic rings. The Balaban J connectivity index is 1.39. The van der Waals surface area contributed by atoms with Crippen molar-refractivity contribution in [2.45, 2.75) is 25.3 Å². The lowest BCUT2D eigenvalue weighted by atomic mass is 10.1. The number of hydrogen-bond acceptors (Lipinski definition) is 5. The third-order valence-electron chi connectivity index (χ3n) is 5.58. The summed E-state index contributed by atoms with van der Waals surface area (Å²) in [5.74, 6) is 0.424. The standard InChI is InChI=1S/C23H21N5OS/c1-15-7-8-18(11-16(15)2)28-22-19(12-26-28)23(25-14-24-22)30-13-21(29)27-10-9-17-5-3-4-6-20(17)27/h3-8,11-12,14H,9-10,13H2,1-2H3. The smallest absolute Gasteiger partial charge is 0.237 e. The predicted octanol–water partition coefficient (Wildman–Crippen LogP) is 4.11. The van der Waals surface area contributed by atoms with Crippen LogP contribution in [0.25, 0.3) is 16.7 Å². The number of aromatic nitrogens is 4. The van der Waals surface area contributed by atoms with Crippen LogP contribution in [-0.2, 0) is 11.2 Å². The molecule has 150 valence electrons. The van der Waals surface area contributed by atoms with Gasteiger partial charge >= 0.3 is 0 Å². The van der Waals surface area contributed by atoms with E-state index in [0.717, 1.165) is 40.4 Å². The molecule has 1 aliphatic rings. The van der Waals surface area contributed by atoms with Gasteiger partial charge in [0.1, 0.15) is 11.4 Å². The van der Waals surface area contributed by atoms with Crippen LogP contribution >= 0.6 is 11.8 Å². The van der Waals surface area contributed by atoms with Crippen molar-refractivity contribution in [1.29, 1.82) is 0 Å². The highest BCUT2D eigenvalue weighted by Gasteiger charge is 2.24. The molecule has 0 bridgehead atoms. The minimum atomic E-state index is 0.0956. The number of hydrogen-bond donors (Lipinski definition) is 0. The first kappa shape index (κ1) is 18.8. The Morgan fingerprint density at radius 2 is 1.97 bits per heavy atom. The van der Waals surface area contributed by atoms with Crippen LogP contribution in [0.4, 0.5) is 5.69 Å². The van der Waals surface area contributed by atoms with Crippen molar-refractivity contribution < 1.29 is 4.79 Å². The quantitative estimate of drug-likeness (QED) is 0.371. The Hall–Kier alpha value is -3.19. The monoisotopic (exact) mass is 415 g/mol. The normalized spacial score (nSPS) is 13.1. The highest BCUT2D eigenvalue weighted by Crippen LogP contribution is 2.30. The first-order valence-electron chi connectivity index (χ1n) is 9.89. The number of amides is 1. The number of aryl methyl sites for hydroxylation is 2. The molecule has 6 nitrogen and oxygen atoms in total.